The largest absolute Gasteiger partial charge is 0.396 e. The SMILES string of the molecule is CCCCCCCCCC(O)C[N+](C)(C)CC[N+](C)(C)CCCCN1C2CCC(OC)CC2SC2CC3C(CC21)SC1CC(OC)CCC1N3CCCC[N+](C)(C)CC[N+](C)(C)CCCCCCCCCCCO. The van der Waals surface area contributed by atoms with Gasteiger partial charge in [0.15, 0.2) is 0 Å². The van der Waals surface area contributed by atoms with Crippen molar-refractivity contribution in [2.24, 2.45) is 0 Å². The second kappa shape index (κ2) is 33.3. The highest BCUT2D eigenvalue weighted by Crippen LogP contribution is 2.53. The molecule has 5 aliphatic rings. The Bertz CT molecular complexity index is 1490. The fourth-order valence-electron chi connectivity index (χ4n) is 14.4. The molecule has 0 radical (unpaired) electrons. The number of quaternary nitrogens is 4. The molecule has 5 rings (SSSR count). The zero-order chi connectivity index (χ0) is 53.6. The summed E-state index contributed by atoms with van der Waals surface area (Å²) in [6.45, 7) is 14.7. The molecule has 0 spiro atoms. The van der Waals surface area contributed by atoms with Crippen LogP contribution in [0, 0.1) is 0 Å². The first-order chi connectivity index (χ1) is 35.4. The van der Waals surface area contributed by atoms with E-state index in [9.17, 15) is 5.11 Å². The Morgan fingerprint density at radius 3 is 1.22 bits per heavy atom. The zero-order valence-electron chi connectivity index (χ0n) is 50.8. The predicted molar refractivity (Wildman–Crippen MR) is 321 cm³/mol. The third-order valence-electron chi connectivity index (χ3n) is 19.5. The van der Waals surface area contributed by atoms with Crippen LogP contribution in [0.4, 0.5) is 0 Å². The summed E-state index contributed by atoms with van der Waals surface area (Å²) in [5.74, 6) is 0. The zero-order valence-corrected chi connectivity index (χ0v) is 52.5. The molecule has 3 saturated carbocycles. The smallest absolute Gasteiger partial charge is 0.128 e. The number of aliphatic hydroxyl groups is 2. The predicted octanol–water partition coefficient (Wildman–Crippen LogP) is 11.1. The lowest BCUT2D eigenvalue weighted by Gasteiger charge is -2.61. The van der Waals surface area contributed by atoms with Crippen molar-refractivity contribution in [3.05, 3.63) is 0 Å². The molecule has 0 aromatic carbocycles. The maximum Gasteiger partial charge on any atom is 0.128 e. The molecular weight excluding hydrogens is 957 g/mol. The van der Waals surface area contributed by atoms with Crippen LogP contribution in [-0.2, 0) is 9.47 Å². The van der Waals surface area contributed by atoms with Crippen molar-refractivity contribution in [2.45, 2.75) is 257 Å². The van der Waals surface area contributed by atoms with Crippen LogP contribution >= 0.6 is 23.5 Å². The number of fused-ring (bicyclic) bond motifs is 4. The fraction of sp³-hybridized carbons (Fsp3) is 1.00. The van der Waals surface area contributed by atoms with Gasteiger partial charge in [-0.2, -0.15) is 23.5 Å². The monoisotopic (exact) mass is 1080 g/mol. The minimum Gasteiger partial charge on any atom is -0.396 e. The number of rotatable bonds is 39. The number of unbranched alkanes of at least 4 members (excludes halogenated alkanes) is 16. The Morgan fingerprint density at radius 1 is 0.432 bits per heavy atom. The van der Waals surface area contributed by atoms with Gasteiger partial charge in [-0.05, 0) is 116 Å². The quantitative estimate of drug-likeness (QED) is 0.0466. The van der Waals surface area contributed by atoms with Crippen LogP contribution in [0.2, 0.25) is 0 Å². The maximum absolute atomic E-state index is 11.0. The number of thioether (sulfide) groups is 2. The van der Waals surface area contributed by atoms with Crippen molar-refractivity contribution in [2.75, 3.05) is 143 Å². The molecule has 0 aromatic rings. The van der Waals surface area contributed by atoms with Gasteiger partial charge in [-0.1, -0.05) is 90.4 Å². The lowest BCUT2D eigenvalue weighted by molar-refractivity contribution is -0.947. The Labute approximate surface area is 467 Å². The molecule has 2 N–H and O–H groups in total. The average molecular weight is 1080 g/mol. The van der Waals surface area contributed by atoms with Gasteiger partial charge in [0, 0.05) is 66.0 Å². The van der Waals surface area contributed by atoms with Gasteiger partial charge >= 0.3 is 0 Å². The topological polar surface area (TPSA) is 65.4 Å². The normalized spacial score (nSPS) is 28.7. The summed E-state index contributed by atoms with van der Waals surface area (Å²) >= 11 is 4.84. The summed E-state index contributed by atoms with van der Waals surface area (Å²) in [5.41, 5.74) is 0. The van der Waals surface area contributed by atoms with Crippen molar-refractivity contribution >= 4 is 23.5 Å². The van der Waals surface area contributed by atoms with Crippen molar-refractivity contribution in [1.29, 1.82) is 0 Å². The van der Waals surface area contributed by atoms with Gasteiger partial charge in [0.2, 0.25) is 0 Å². The molecule has 2 aliphatic heterocycles. The standard InChI is InChI=1S/C62H126N6O4S2/c1-12-13-14-15-19-22-25-32-52(70)51-68(8,9)45-44-67(6,7)41-30-27-38-64-56-36-34-54(72-11)48-60(56)74-62-49-57-61(50-58(62)64)73-59-47-53(71-10)33-35-55(59)63(57)37-26-29-40-66(4,5)43-42-65(2,3)39-28-23-20-17-16-18-21-24-31-46-69/h52-62,69-70H,12-51H2,1-11H3/q+4. The van der Waals surface area contributed by atoms with E-state index in [-0.39, 0.29) is 6.10 Å². The molecule has 436 valence electrons. The molecule has 2 saturated heterocycles. The van der Waals surface area contributed by atoms with E-state index in [2.05, 4.69) is 96.6 Å². The highest BCUT2D eigenvalue weighted by Gasteiger charge is 2.54. The van der Waals surface area contributed by atoms with Crippen molar-refractivity contribution in [3.8, 4) is 0 Å². The first-order valence-electron chi connectivity index (χ1n) is 31.8. The Balaban J connectivity index is 1.11. The summed E-state index contributed by atoms with van der Waals surface area (Å²) < 4.78 is 16.5. The molecule has 0 amide bonds. The third kappa shape index (κ3) is 22.7. The number of likely N-dealkylation sites (N-methyl/N-ethyl adjacent to an activating group) is 4. The van der Waals surface area contributed by atoms with Crippen LogP contribution in [0.1, 0.15) is 193 Å². The molecule has 3 aliphatic carbocycles. The number of methoxy groups -OCH3 is 2. The van der Waals surface area contributed by atoms with Gasteiger partial charge < -0.3 is 37.6 Å². The van der Waals surface area contributed by atoms with E-state index in [0.717, 1.165) is 54.4 Å². The molecule has 0 bridgehead atoms. The molecule has 11 atom stereocenters. The Kier molecular flexibility index (Phi) is 29.3. The van der Waals surface area contributed by atoms with Crippen molar-refractivity contribution in [1.82, 2.24) is 9.80 Å². The van der Waals surface area contributed by atoms with E-state index in [0.29, 0.717) is 53.5 Å². The van der Waals surface area contributed by atoms with E-state index >= 15 is 0 Å². The summed E-state index contributed by atoms with van der Waals surface area (Å²) in [6, 6.07) is 2.80. The first kappa shape index (κ1) is 65.1. The summed E-state index contributed by atoms with van der Waals surface area (Å²) in [6.07, 6.45) is 37.9. The Morgan fingerprint density at radius 2 is 0.797 bits per heavy atom. The fourth-order valence-corrected chi connectivity index (χ4v) is 18.4. The Hall–Kier alpha value is 0.300. The third-order valence-corrected chi connectivity index (χ3v) is 23.0. The number of nitrogens with zero attached hydrogens (tertiary/aromatic N) is 6. The maximum atomic E-state index is 11.0. The molecular formula is C62H126N6O4S2+4. The van der Waals surface area contributed by atoms with E-state index in [1.54, 1.807) is 0 Å². The molecule has 74 heavy (non-hydrogen) atoms. The highest BCUT2D eigenvalue weighted by molar-refractivity contribution is 8.01. The van der Waals surface area contributed by atoms with Crippen LogP contribution in [0.3, 0.4) is 0 Å². The minimum absolute atomic E-state index is 0.183. The van der Waals surface area contributed by atoms with Gasteiger partial charge in [-0.3, -0.25) is 9.80 Å². The second-order valence-electron chi connectivity index (χ2n) is 27.9. The van der Waals surface area contributed by atoms with Gasteiger partial charge in [0.1, 0.15) is 38.8 Å². The van der Waals surface area contributed by atoms with E-state index < -0.39 is 0 Å². The summed E-state index contributed by atoms with van der Waals surface area (Å²) in [4.78, 5) is 6.26. The van der Waals surface area contributed by atoms with Gasteiger partial charge in [0.25, 0.3) is 0 Å². The molecule has 0 aromatic heterocycles. The van der Waals surface area contributed by atoms with Crippen LogP contribution < -0.4 is 0 Å². The van der Waals surface area contributed by atoms with E-state index in [1.165, 1.54) is 226 Å². The molecule has 12 heteroatoms. The minimum atomic E-state index is -0.183. The number of ether oxygens (including phenoxy) is 2. The summed E-state index contributed by atoms with van der Waals surface area (Å²) in [5, 5.41) is 22.9. The van der Waals surface area contributed by atoms with Crippen LogP contribution in [0.25, 0.3) is 0 Å². The van der Waals surface area contributed by atoms with Crippen LogP contribution in [0.5, 0.6) is 0 Å². The molecule has 2 heterocycles. The lowest BCUT2D eigenvalue weighted by Crippen LogP contribution is -2.67. The van der Waals surface area contributed by atoms with Crippen LogP contribution in [0.15, 0.2) is 0 Å². The van der Waals surface area contributed by atoms with E-state index in [1.807, 2.05) is 14.2 Å². The van der Waals surface area contributed by atoms with Gasteiger partial charge in [-0.15, -0.1) is 0 Å². The number of aliphatic hydroxyl groups excluding tert-OH is 2. The first-order valence-corrected chi connectivity index (χ1v) is 33.7. The summed E-state index contributed by atoms with van der Waals surface area (Å²) in [7, 11) is 23.5. The molecule has 11 unspecified atom stereocenters. The van der Waals surface area contributed by atoms with Gasteiger partial charge in [0.05, 0.1) is 88.2 Å². The number of hydrogen-bond acceptors (Lipinski definition) is 8. The van der Waals surface area contributed by atoms with Crippen molar-refractivity contribution in [3.63, 3.8) is 0 Å². The highest BCUT2D eigenvalue weighted by atomic mass is 32.2. The second-order valence-corrected chi connectivity index (χ2v) is 30.8. The van der Waals surface area contributed by atoms with Gasteiger partial charge in [-0.25, -0.2) is 0 Å². The molecule has 5 fully saturated rings. The lowest BCUT2D eigenvalue weighted by atomic mass is 9.81. The molecule has 10 nitrogen and oxygen atoms in total. The average Bonchev–Trinajstić information content (AvgIpc) is 3.36. The van der Waals surface area contributed by atoms with Crippen molar-refractivity contribution < 1.29 is 37.6 Å². The van der Waals surface area contributed by atoms with E-state index in [4.69, 9.17) is 14.6 Å². The number of hydrogen-bond donors (Lipinski definition) is 2. The van der Waals surface area contributed by atoms with Crippen LogP contribution in [-0.4, -0.2) is 244 Å².